The maximum atomic E-state index is 14.2. The molecule has 2 N–H and O–H groups in total. The average molecular weight is 672 g/mol. The quantitative estimate of drug-likeness (QED) is 0.0530. The number of alkyl halides is 3. The first-order valence-corrected chi connectivity index (χ1v) is 17.0. The number of unbranched alkanes of at least 4 members (excludes halogenated alkanes) is 8. The standard InChI is InChI=1S/C36H56F3NO7/c1-4-5-6-10-13-22-36(38,39)23-14-11-8-7-9-12-16-30(31(34(42)43)21-26-45-2)33(41)40-32(35(44)46-3)27-28-17-19-29(20-18-28)47-25-15-24-37/h12,16-20,30-32H,4-11,13-15,21-27H2,1-3H3,(H,40,41)(H,42,43)/b16-12+/t30-,31+,32-/m0/s1. The van der Waals surface area contributed by atoms with Crippen molar-refractivity contribution in [3.8, 4) is 5.75 Å². The number of aliphatic carboxylic acids is 1. The highest BCUT2D eigenvalue weighted by molar-refractivity contribution is 5.90. The third-order valence-electron chi connectivity index (χ3n) is 8.05. The minimum atomic E-state index is -2.63. The molecule has 0 aliphatic carbocycles. The molecule has 1 aromatic carbocycles. The molecule has 1 amide bonds. The van der Waals surface area contributed by atoms with Crippen LogP contribution < -0.4 is 10.1 Å². The number of rotatable bonds is 28. The maximum absolute atomic E-state index is 14.2. The van der Waals surface area contributed by atoms with Gasteiger partial charge in [0, 0.05) is 39.4 Å². The Labute approximate surface area is 278 Å². The molecule has 0 aliphatic heterocycles. The lowest BCUT2D eigenvalue weighted by molar-refractivity contribution is -0.148. The average Bonchev–Trinajstić information content (AvgIpc) is 3.04. The zero-order chi connectivity index (χ0) is 34.9. The summed E-state index contributed by atoms with van der Waals surface area (Å²) >= 11 is 0. The van der Waals surface area contributed by atoms with Crippen LogP contribution in [0.5, 0.6) is 5.75 Å². The van der Waals surface area contributed by atoms with Crippen LogP contribution in [0.4, 0.5) is 13.2 Å². The van der Waals surface area contributed by atoms with Gasteiger partial charge in [0.1, 0.15) is 11.8 Å². The Kier molecular flexibility index (Phi) is 22.3. The van der Waals surface area contributed by atoms with Crippen molar-refractivity contribution in [1.82, 2.24) is 5.32 Å². The summed E-state index contributed by atoms with van der Waals surface area (Å²) in [4.78, 5) is 38.3. The number of esters is 1. The molecule has 1 rings (SSSR count). The number of amides is 1. The summed E-state index contributed by atoms with van der Waals surface area (Å²) in [5.41, 5.74) is 0.699. The van der Waals surface area contributed by atoms with Gasteiger partial charge in [0.15, 0.2) is 0 Å². The van der Waals surface area contributed by atoms with Crippen molar-refractivity contribution in [3.63, 3.8) is 0 Å². The first kappa shape index (κ1) is 41.9. The molecule has 1 aromatic rings. The molecule has 47 heavy (non-hydrogen) atoms. The fraction of sp³-hybridized carbons (Fsp3) is 0.694. The topological polar surface area (TPSA) is 111 Å². The highest BCUT2D eigenvalue weighted by atomic mass is 19.3. The number of hydrogen-bond acceptors (Lipinski definition) is 6. The van der Waals surface area contributed by atoms with E-state index in [1.54, 1.807) is 36.4 Å². The second-order valence-electron chi connectivity index (χ2n) is 12.0. The summed E-state index contributed by atoms with van der Waals surface area (Å²) in [5.74, 6) is -6.77. The molecule has 0 fully saturated rings. The number of benzene rings is 1. The van der Waals surface area contributed by atoms with E-state index in [-0.39, 0.29) is 45.3 Å². The number of allylic oxidation sites excluding steroid dienone is 1. The number of carboxylic acid groups (broad SMARTS) is 1. The van der Waals surface area contributed by atoms with E-state index in [1.165, 1.54) is 14.2 Å². The van der Waals surface area contributed by atoms with Crippen LogP contribution in [0.3, 0.4) is 0 Å². The van der Waals surface area contributed by atoms with E-state index >= 15 is 0 Å². The molecule has 268 valence electrons. The second-order valence-corrected chi connectivity index (χ2v) is 12.0. The Bertz CT molecular complexity index is 1040. The number of hydrogen-bond donors (Lipinski definition) is 2. The van der Waals surface area contributed by atoms with Gasteiger partial charge in [-0.15, -0.1) is 0 Å². The zero-order valence-corrected chi connectivity index (χ0v) is 28.5. The lowest BCUT2D eigenvalue weighted by Crippen LogP contribution is -2.47. The number of ether oxygens (including phenoxy) is 3. The van der Waals surface area contributed by atoms with Gasteiger partial charge in [-0.1, -0.05) is 69.7 Å². The van der Waals surface area contributed by atoms with Crippen molar-refractivity contribution in [2.45, 2.75) is 115 Å². The van der Waals surface area contributed by atoms with E-state index in [0.717, 1.165) is 32.1 Å². The fourth-order valence-corrected chi connectivity index (χ4v) is 5.27. The second kappa shape index (κ2) is 25.0. The molecular weight excluding hydrogens is 615 g/mol. The number of methoxy groups -OCH3 is 2. The number of carbonyl (C=O) groups excluding carboxylic acids is 2. The Morgan fingerprint density at radius 3 is 2.13 bits per heavy atom. The molecule has 0 aromatic heterocycles. The van der Waals surface area contributed by atoms with E-state index in [9.17, 15) is 32.7 Å². The third-order valence-corrected chi connectivity index (χ3v) is 8.05. The van der Waals surface area contributed by atoms with Gasteiger partial charge in [0.2, 0.25) is 11.8 Å². The molecule has 0 saturated carbocycles. The van der Waals surface area contributed by atoms with Crippen LogP contribution in [0.2, 0.25) is 0 Å². The number of carbonyl (C=O) groups is 3. The van der Waals surface area contributed by atoms with Crippen LogP contribution in [-0.2, 0) is 30.3 Å². The Hall–Kier alpha value is -3.08. The van der Waals surface area contributed by atoms with E-state index < -0.39 is 48.3 Å². The molecule has 0 spiro atoms. The van der Waals surface area contributed by atoms with Crippen molar-refractivity contribution >= 4 is 17.8 Å². The lowest BCUT2D eigenvalue weighted by atomic mass is 9.87. The summed E-state index contributed by atoms with van der Waals surface area (Å²) in [5, 5.41) is 12.6. The molecule has 8 nitrogen and oxygen atoms in total. The van der Waals surface area contributed by atoms with Crippen LogP contribution in [0, 0.1) is 11.8 Å². The molecule has 0 bridgehead atoms. The van der Waals surface area contributed by atoms with Gasteiger partial charge in [-0.2, -0.15) is 0 Å². The third kappa shape index (κ3) is 18.7. The summed E-state index contributed by atoms with van der Waals surface area (Å²) in [7, 11) is 2.65. The molecule has 0 heterocycles. The lowest BCUT2D eigenvalue weighted by Gasteiger charge is -2.24. The normalized spacial score (nSPS) is 13.7. The Morgan fingerprint density at radius 1 is 0.915 bits per heavy atom. The number of carboxylic acids is 1. The van der Waals surface area contributed by atoms with Crippen molar-refractivity contribution in [3.05, 3.63) is 42.0 Å². The van der Waals surface area contributed by atoms with Crippen molar-refractivity contribution in [2.75, 3.05) is 34.1 Å². The van der Waals surface area contributed by atoms with Gasteiger partial charge in [-0.05, 0) is 49.8 Å². The van der Waals surface area contributed by atoms with Crippen molar-refractivity contribution < 1.29 is 46.9 Å². The largest absolute Gasteiger partial charge is 0.494 e. The van der Waals surface area contributed by atoms with Gasteiger partial charge in [-0.25, -0.2) is 13.6 Å². The van der Waals surface area contributed by atoms with E-state index in [0.29, 0.717) is 43.4 Å². The van der Waals surface area contributed by atoms with E-state index in [1.807, 2.05) is 0 Å². The maximum Gasteiger partial charge on any atom is 0.328 e. The van der Waals surface area contributed by atoms with Crippen LogP contribution in [0.15, 0.2) is 36.4 Å². The van der Waals surface area contributed by atoms with Gasteiger partial charge < -0.3 is 24.6 Å². The highest BCUT2D eigenvalue weighted by Crippen LogP contribution is 2.29. The summed E-state index contributed by atoms with van der Waals surface area (Å²) < 4.78 is 56.1. The molecule has 0 radical (unpaired) electrons. The SMILES string of the molecule is CCCCCCCC(F)(F)CCCCCC/C=C/[C@H](C(=O)N[C@@H](Cc1ccc(OCCCF)cc1)C(=O)OC)[C@@H](CCOC)C(=O)O. The summed E-state index contributed by atoms with van der Waals surface area (Å²) in [6.45, 7) is 1.97. The van der Waals surface area contributed by atoms with Gasteiger partial charge in [0.25, 0.3) is 0 Å². The number of nitrogens with one attached hydrogen (secondary N) is 1. The highest BCUT2D eigenvalue weighted by Gasteiger charge is 2.34. The van der Waals surface area contributed by atoms with Gasteiger partial charge in [0.05, 0.1) is 32.2 Å². The van der Waals surface area contributed by atoms with Crippen molar-refractivity contribution in [1.29, 1.82) is 0 Å². The van der Waals surface area contributed by atoms with Crippen LogP contribution in [-0.4, -0.2) is 69.0 Å². The van der Waals surface area contributed by atoms with E-state index in [2.05, 4.69) is 12.2 Å². The molecule has 0 aliphatic rings. The minimum absolute atomic E-state index is 0.0581. The van der Waals surface area contributed by atoms with Gasteiger partial charge in [-0.3, -0.25) is 14.0 Å². The molecule has 3 atom stereocenters. The van der Waals surface area contributed by atoms with E-state index in [4.69, 9.17) is 14.2 Å². The van der Waals surface area contributed by atoms with Crippen LogP contribution >= 0.6 is 0 Å². The fourth-order valence-electron chi connectivity index (χ4n) is 5.27. The first-order chi connectivity index (χ1) is 22.6. The minimum Gasteiger partial charge on any atom is -0.494 e. The first-order valence-electron chi connectivity index (χ1n) is 17.0. The predicted molar refractivity (Wildman–Crippen MR) is 176 cm³/mol. The monoisotopic (exact) mass is 671 g/mol. The molecule has 0 unspecified atom stereocenters. The molecule has 0 saturated heterocycles. The van der Waals surface area contributed by atoms with Crippen LogP contribution in [0.1, 0.15) is 102 Å². The zero-order valence-electron chi connectivity index (χ0n) is 28.5. The van der Waals surface area contributed by atoms with Crippen molar-refractivity contribution in [2.24, 2.45) is 11.8 Å². The Morgan fingerprint density at radius 2 is 1.55 bits per heavy atom. The number of halogens is 3. The summed E-state index contributed by atoms with van der Waals surface area (Å²) in [6.07, 6.45) is 11.2. The molecular formula is C36H56F3NO7. The predicted octanol–water partition coefficient (Wildman–Crippen LogP) is 7.87. The van der Waals surface area contributed by atoms with Gasteiger partial charge >= 0.3 is 11.9 Å². The summed E-state index contributed by atoms with van der Waals surface area (Å²) in [6, 6.07) is 5.73. The smallest absolute Gasteiger partial charge is 0.328 e. The molecule has 11 heteroatoms. The van der Waals surface area contributed by atoms with Crippen LogP contribution in [0.25, 0.3) is 0 Å². The Balaban J connectivity index is 2.79.